The highest BCUT2D eigenvalue weighted by Gasteiger charge is 2.37. The largest absolute Gasteiger partial charge is 0.711 e. The molecule has 3 rings (SSSR count). The highest BCUT2D eigenvalue weighted by molar-refractivity contribution is 6.47. The SMILES string of the molecule is CC(=O)c1cccc2c1OB(O)[C@@H](CC(=O)Cc1ccc(NCCN)[n+]([O-])c1)C2. The van der Waals surface area contributed by atoms with E-state index in [1.165, 1.54) is 13.1 Å². The first-order valence-electron chi connectivity index (χ1n) is 9.54. The Labute approximate surface area is 169 Å². The van der Waals surface area contributed by atoms with E-state index in [0.29, 0.717) is 46.9 Å². The lowest BCUT2D eigenvalue weighted by Gasteiger charge is -2.28. The Bertz CT molecular complexity index is 921. The normalized spacial score (nSPS) is 15.4. The highest BCUT2D eigenvalue weighted by Crippen LogP contribution is 2.36. The number of aromatic nitrogens is 1. The molecule has 2 aromatic rings. The van der Waals surface area contributed by atoms with Crippen LogP contribution in [0.3, 0.4) is 0 Å². The second-order valence-corrected chi connectivity index (χ2v) is 7.21. The number of hydrogen-bond donors (Lipinski definition) is 3. The maximum absolute atomic E-state index is 12.5. The number of anilines is 1. The van der Waals surface area contributed by atoms with E-state index in [9.17, 15) is 19.8 Å². The fourth-order valence-electron chi connectivity index (χ4n) is 3.49. The van der Waals surface area contributed by atoms with Crippen molar-refractivity contribution in [2.24, 2.45) is 5.73 Å². The summed E-state index contributed by atoms with van der Waals surface area (Å²) in [5, 5.41) is 25.3. The lowest BCUT2D eigenvalue weighted by atomic mass is 9.64. The zero-order valence-corrected chi connectivity index (χ0v) is 16.3. The van der Waals surface area contributed by atoms with Crippen molar-refractivity contribution in [1.29, 1.82) is 0 Å². The molecule has 0 saturated heterocycles. The number of fused-ring (bicyclic) bond motifs is 1. The van der Waals surface area contributed by atoms with Crippen molar-refractivity contribution in [3.8, 4) is 5.75 Å². The van der Waals surface area contributed by atoms with E-state index < -0.39 is 12.9 Å². The molecule has 0 spiro atoms. The van der Waals surface area contributed by atoms with E-state index in [1.54, 1.807) is 24.3 Å². The maximum Gasteiger partial charge on any atom is 0.526 e. The predicted octanol–water partition coefficient (Wildman–Crippen LogP) is 0.881. The van der Waals surface area contributed by atoms with E-state index in [-0.39, 0.29) is 24.4 Å². The average Bonchev–Trinajstić information content (AvgIpc) is 2.67. The fourth-order valence-corrected chi connectivity index (χ4v) is 3.49. The monoisotopic (exact) mass is 397 g/mol. The maximum atomic E-state index is 12.5. The zero-order valence-electron chi connectivity index (χ0n) is 16.3. The Morgan fingerprint density at radius 3 is 2.86 bits per heavy atom. The number of nitrogens with two attached hydrogens (primary N) is 1. The van der Waals surface area contributed by atoms with Crippen LogP contribution in [0, 0.1) is 5.21 Å². The van der Waals surface area contributed by atoms with Crippen LogP contribution >= 0.6 is 0 Å². The van der Waals surface area contributed by atoms with Gasteiger partial charge in [-0.25, -0.2) is 4.73 Å². The Morgan fingerprint density at radius 2 is 2.17 bits per heavy atom. The molecule has 1 aliphatic heterocycles. The van der Waals surface area contributed by atoms with E-state index in [0.717, 1.165) is 5.56 Å². The van der Waals surface area contributed by atoms with Crippen LogP contribution in [-0.2, 0) is 17.6 Å². The second kappa shape index (κ2) is 9.06. The minimum Gasteiger partial charge on any atom is -0.711 e. The highest BCUT2D eigenvalue weighted by atomic mass is 16.5. The van der Waals surface area contributed by atoms with E-state index >= 15 is 0 Å². The number of nitrogens with one attached hydrogen (secondary N) is 1. The first-order valence-corrected chi connectivity index (χ1v) is 9.54. The van der Waals surface area contributed by atoms with Gasteiger partial charge in [0.15, 0.2) is 5.78 Å². The van der Waals surface area contributed by atoms with Gasteiger partial charge in [-0.1, -0.05) is 12.1 Å². The van der Waals surface area contributed by atoms with Crippen LogP contribution in [0.1, 0.15) is 34.8 Å². The van der Waals surface area contributed by atoms with Gasteiger partial charge in [-0.05, 0) is 36.6 Å². The number of Topliss-reactive ketones (excluding diaryl/α,β-unsaturated/α-hetero) is 2. The second-order valence-electron chi connectivity index (χ2n) is 7.21. The molecule has 4 N–H and O–H groups in total. The van der Waals surface area contributed by atoms with Gasteiger partial charge >= 0.3 is 7.12 Å². The summed E-state index contributed by atoms with van der Waals surface area (Å²) in [6.45, 7) is 2.33. The van der Waals surface area contributed by atoms with Gasteiger partial charge in [0.2, 0.25) is 0 Å². The molecule has 0 saturated carbocycles. The number of nitrogens with zero attached hydrogens (tertiary/aromatic N) is 1. The molecule has 9 heteroatoms. The first-order chi connectivity index (χ1) is 13.9. The molecular weight excluding hydrogens is 373 g/mol. The lowest BCUT2D eigenvalue weighted by Crippen LogP contribution is -2.36. The van der Waals surface area contributed by atoms with Gasteiger partial charge in [-0.2, -0.15) is 0 Å². The molecule has 2 heterocycles. The summed E-state index contributed by atoms with van der Waals surface area (Å²) in [5.41, 5.74) is 7.23. The predicted molar refractivity (Wildman–Crippen MR) is 109 cm³/mol. The summed E-state index contributed by atoms with van der Waals surface area (Å²) in [7, 11) is -1.17. The number of benzene rings is 1. The van der Waals surface area contributed by atoms with Crippen LogP contribution in [0.5, 0.6) is 5.75 Å². The summed E-state index contributed by atoms with van der Waals surface area (Å²) >= 11 is 0. The molecule has 29 heavy (non-hydrogen) atoms. The van der Waals surface area contributed by atoms with E-state index in [2.05, 4.69) is 5.32 Å². The van der Waals surface area contributed by atoms with Gasteiger partial charge in [0, 0.05) is 31.3 Å². The zero-order chi connectivity index (χ0) is 21.0. The summed E-state index contributed by atoms with van der Waals surface area (Å²) < 4.78 is 6.25. The van der Waals surface area contributed by atoms with Crippen molar-refractivity contribution >= 4 is 24.5 Å². The van der Waals surface area contributed by atoms with Crippen LogP contribution in [-0.4, -0.2) is 36.8 Å². The summed E-state index contributed by atoms with van der Waals surface area (Å²) in [6.07, 6.45) is 1.99. The van der Waals surface area contributed by atoms with Gasteiger partial charge in [-0.3, -0.25) is 14.9 Å². The molecule has 0 radical (unpaired) electrons. The van der Waals surface area contributed by atoms with Crippen molar-refractivity contribution in [3.63, 3.8) is 0 Å². The quantitative estimate of drug-likeness (QED) is 0.261. The molecule has 1 aliphatic rings. The minimum absolute atomic E-state index is 0.0863. The summed E-state index contributed by atoms with van der Waals surface area (Å²) in [4.78, 5) is 24.3. The van der Waals surface area contributed by atoms with Crippen LogP contribution in [0.2, 0.25) is 5.82 Å². The van der Waals surface area contributed by atoms with Crippen LogP contribution in [0.25, 0.3) is 0 Å². The third-order valence-electron chi connectivity index (χ3n) is 4.92. The van der Waals surface area contributed by atoms with Gasteiger partial charge < -0.3 is 20.6 Å². The van der Waals surface area contributed by atoms with Crippen molar-refractivity contribution in [2.75, 3.05) is 18.4 Å². The fraction of sp³-hybridized carbons (Fsp3) is 0.350. The van der Waals surface area contributed by atoms with Crippen molar-refractivity contribution < 1.29 is 24.0 Å². The summed E-state index contributed by atoms with van der Waals surface area (Å²) in [5.74, 6) is 0.109. The van der Waals surface area contributed by atoms with Gasteiger partial charge in [-0.15, -0.1) is 0 Å². The third kappa shape index (κ3) is 4.93. The van der Waals surface area contributed by atoms with Crippen LogP contribution in [0.4, 0.5) is 5.82 Å². The minimum atomic E-state index is -1.17. The number of hydrogen-bond acceptors (Lipinski definition) is 7. The molecule has 1 aromatic carbocycles. The smallest absolute Gasteiger partial charge is 0.526 e. The summed E-state index contributed by atoms with van der Waals surface area (Å²) in [6, 6.07) is 8.58. The van der Waals surface area contributed by atoms with Crippen molar-refractivity contribution in [1.82, 2.24) is 0 Å². The molecule has 152 valence electrons. The number of para-hydroxylation sites is 1. The molecule has 0 fully saturated rings. The first kappa shape index (κ1) is 20.8. The molecular formula is C20H24BN3O5. The van der Waals surface area contributed by atoms with Gasteiger partial charge in [0.1, 0.15) is 11.5 Å². The number of carbonyl (C=O) groups is 2. The topological polar surface area (TPSA) is 129 Å². The van der Waals surface area contributed by atoms with Gasteiger partial charge in [0.25, 0.3) is 5.82 Å². The number of rotatable bonds is 8. The van der Waals surface area contributed by atoms with Crippen LogP contribution in [0.15, 0.2) is 36.5 Å². The van der Waals surface area contributed by atoms with Crippen LogP contribution < -0.4 is 20.4 Å². The lowest BCUT2D eigenvalue weighted by molar-refractivity contribution is -0.590. The average molecular weight is 397 g/mol. The number of ketones is 2. The number of pyridine rings is 1. The van der Waals surface area contributed by atoms with E-state index in [4.69, 9.17) is 10.4 Å². The Kier molecular flexibility index (Phi) is 6.51. The molecule has 0 bridgehead atoms. The molecule has 0 amide bonds. The van der Waals surface area contributed by atoms with E-state index in [1.807, 2.05) is 6.07 Å². The molecule has 0 unspecified atom stereocenters. The Balaban J connectivity index is 1.65. The van der Waals surface area contributed by atoms with Crippen molar-refractivity contribution in [3.05, 3.63) is 58.4 Å². The molecule has 8 nitrogen and oxygen atoms in total. The Hall–Kier alpha value is -2.91. The molecule has 0 aliphatic carbocycles. The van der Waals surface area contributed by atoms with Crippen molar-refractivity contribution in [2.45, 2.75) is 32.0 Å². The molecule has 1 aromatic heterocycles. The Morgan fingerprint density at radius 1 is 1.38 bits per heavy atom. The van der Waals surface area contributed by atoms with Gasteiger partial charge in [0.05, 0.1) is 18.3 Å². The number of carbonyl (C=O) groups excluding carboxylic acids is 2. The standard InChI is InChI=1S/C20H24BN3O5/c1-13(25)18-4-2-3-15-10-16(21(27)29-20(15)18)11-17(26)9-14-5-6-19(23-8-7-22)24(28)12-14/h2-6,12,16,23,27H,7-11,22H2,1H3/t16-/m1/s1. The third-order valence-corrected chi connectivity index (χ3v) is 4.92. The molecule has 1 atom stereocenters.